The van der Waals surface area contributed by atoms with Crippen molar-refractivity contribution in [2.24, 2.45) is 0 Å². The lowest BCUT2D eigenvalue weighted by atomic mass is 10.2. The van der Waals surface area contributed by atoms with E-state index in [-0.39, 0.29) is 6.10 Å². The fourth-order valence-electron chi connectivity index (χ4n) is 1.72. The summed E-state index contributed by atoms with van der Waals surface area (Å²) in [6.07, 6.45) is 1.07. The van der Waals surface area contributed by atoms with Crippen LogP contribution in [0.4, 0.5) is 0 Å². The number of carbonyl (C=O) groups is 1. The molecule has 5 nitrogen and oxygen atoms in total. The second-order valence-electron chi connectivity index (χ2n) is 3.76. The monoisotopic (exact) mass is 225 g/mol. The third-order valence-corrected chi connectivity index (χ3v) is 2.60. The largest absolute Gasteiger partial charge is 0.465 e. The van der Waals surface area contributed by atoms with Crippen molar-refractivity contribution in [1.82, 2.24) is 5.32 Å². The fourth-order valence-corrected chi connectivity index (χ4v) is 1.72. The van der Waals surface area contributed by atoms with Gasteiger partial charge >= 0.3 is 5.97 Å². The Labute approximate surface area is 93.7 Å². The van der Waals surface area contributed by atoms with E-state index in [9.17, 15) is 4.79 Å². The Kier molecular flexibility index (Phi) is 3.14. The van der Waals surface area contributed by atoms with Gasteiger partial charge in [0.15, 0.2) is 0 Å². The van der Waals surface area contributed by atoms with E-state index in [0.717, 1.165) is 19.5 Å². The van der Waals surface area contributed by atoms with Crippen LogP contribution in [0.3, 0.4) is 0 Å². The Balaban J connectivity index is 2.07. The molecule has 0 aliphatic carbocycles. The molecule has 5 heteroatoms. The molecule has 1 aromatic rings. The van der Waals surface area contributed by atoms with E-state index in [0.29, 0.717) is 17.3 Å². The molecule has 0 radical (unpaired) electrons. The van der Waals surface area contributed by atoms with Gasteiger partial charge in [0.25, 0.3) is 5.95 Å². The summed E-state index contributed by atoms with van der Waals surface area (Å²) in [6, 6.07) is 1.58. The lowest BCUT2D eigenvalue weighted by Gasteiger charge is -2.08. The minimum absolute atomic E-state index is 0.121. The van der Waals surface area contributed by atoms with Crippen molar-refractivity contribution in [3.63, 3.8) is 0 Å². The zero-order valence-electron chi connectivity index (χ0n) is 9.41. The standard InChI is InChI=1S/C11H15NO4/c1-7-9(11(13)14-2)5-10(15-7)16-8-3-4-12-6-8/h5,8,12H,3-4,6H2,1-2H3. The third-order valence-electron chi connectivity index (χ3n) is 2.60. The summed E-state index contributed by atoms with van der Waals surface area (Å²) in [5.74, 6) is 0.500. The van der Waals surface area contributed by atoms with Gasteiger partial charge in [-0.3, -0.25) is 0 Å². The smallest absolute Gasteiger partial charge is 0.341 e. The quantitative estimate of drug-likeness (QED) is 0.781. The molecule has 1 atom stereocenters. The molecule has 1 saturated heterocycles. The van der Waals surface area contributed by atoms with E-state index in [1.54, 1.807) is 13.0 Å². The first kappa shape index (κ1) is 11.0. The van der Waals surface area contributed by atoms with Crippen molar-refractivity contribution in [2.45, 2.75) is 19.4 Å². The lowest BCUT2D eigenvalue weighted by molar-refractivity contribution is 0.0599. The molecular weight excluding hydrogens is 210 g/mol. The Bertz CT molecular complexity index is 379. The van der Waals surface area contributed by atoms with Crippen LogP contribution in [-0.4, -0.2) is 32.3 Å². The molecule has 0 aromatic carbocycles. The molecule has 1 aliphatic heterocycles. The van der Waals surface area contributed by atoms with Crippen LogP contribution in [0, 0.1) is 6.92 Å². The SMILES string of the molecule is COC(=O)c1cc(OC2CCNC2)oc1C. The number of methoxy groups -OCH3 is 1. The molecule has 0 saturated carbocycles. The van der Waals surface area contributed by atoms with E-state index < -0.39 is 5.97 Å². The topological polar surface area (TPSA) is 60.7 Å². The van der Waals surface area contributed by atoms with Gasteiger partial charge in [-0.25, -0.2) is 4.79 Å². The van der Waals surface area contributed by atoms with Crippen molar-refractivity contribution in [3.05, 3.63) is 17.4 Å². The summed E-state index contributed by atoms with van der Waals surface area (Å²) in [6.45, 7) is 3.48. The number of ether oxygens (including phenoxy) is 2. The van der Waals surface area contributed by atoms with Crippen LogP contribution in [0.5, 0.6) is 5.95 Å². The summed E-state index contributed by atoms with van der Waals surface area (Å²) in [5, 5.41) is 3.19. The molecule has 1 N–H and O–H groups in total. The Hall–Kier alpha value is -1.49. The van der Waals surface area contributed by atoms with Crippen LogP contribution in [0.25, 0.3) is 0 Å². The van der Waals surface area contributed by atoms with Crippen molar-refractivity contribution >= 4 is 5.97 Å². The van der Waals surface area contributed by atoms with Gasteiger partial charge in [0.1, 0.15) is 17.4 Å². The predicted octanol–water partition coefficient (Wildman–Crippen LogP) is 1.12. The van der Waals surface area contributed by atoms with Gasteiger partial charge in [0.05, 0.1) is 7.11 Å². The van der Waals surface area contributed by atoms with Gasteiger partial charge in [-0.1, -0.05) is 0 Å². The number of aryl methyl sites for hydroxylation is 1. The van der Waals surface area contributed by atoms with Crippen molar-refractivity contribution in [1.29, 1.82) is 0 Å². The molecule has 2 heterocycles. The average molecular weight is 225 g/mol. The highest BCUT2D eigenvalue weighted by Gasteiger charge is 2.21. The summed E-state index contributed by atoms with van der Waals surface area (Å²) < 4.78 is 15.6. The molecule has 88 valence electrons. The Morgan fingerprint density at radius 1 is 1.62 bits per heavy atom. The van der Waals surface area contributed by atoms with E-state index in [1.165, 1.54) is 7.11 Å². The normalized spacial score (nSPS) is 19.8. The first-order valence-corrected chi connectivity index (χ1v) is 5.27. The van der Waals surface area contributed by atoms with E-state index in [4.69, 9.17) is 9.15 Å². The maximum atomic E-state index is 11.3. The predicted molar refractivity (Wildman–Crippen MR) is 56.7 cm³/mol. The maximum absolute atomic E-state index is 11.3. The summed E-state index contributed by atoms with van der Waals surface area (Å²) in [4.78, 5) is 11.3. The van der Waals surface area contributed by atoms with Gasteiger partial charge in [-0.15, -0.1) is 0 Å². The van der Waals surface area contributed by atoms with Gasteiger partial charge in [0.2, 0.25) is 0 Å². The molecular formula is C11H15NO4. The number of furan rings is 1. The highest BCUT2D eigenvalue weighted by Crippen LogP contribution is 2.23. The Morgan fingerprint density at radius 2 is 2.44 bits per heavy atom. The van der Waals surface area contributed by atoms with E-state index >= 15 is 0 Å². The zero-order chi connectivity index (χ0) is 11.5. The van der Waals surface area contributed by atoms with Crippen molar-refractivity contribution in [2.75, 3.05) is 20.2 Å². The van der Waals surface area contributed by atoms with Gasteiger partial charge in [0, 0.05) is 12.6 Å². The molecule has 2 rings (SSSR count). The van der Waals surface area contributed by atoms with E-state index in [2.05, 4.69) is 10.1 Å². The molecule has 0 amide bonds. The first-order valence-electron chi connectivity index (χ1n) is 5.27. The average Bonchev–Trinajstić information content (AvgIpc) is 2.88. The van der Waals surface area contributed by atoms with Crippen LogP contribution in [0.15, 0.2) is 10.5 Å². The minimum atomic E-state index is -0.402. The first-order chi connectivity index (χ1) is 7.70. The van der Waals surface area contributed by atoms with Crippen LogP contribution in [-0.2, 0) is 4.74 Å². The number of hydrogen-bond donors (Lipinski definition) is 1. The summed E-state index contributed by atoms with van der Waals surface area (Å²) in [7, 11) is 1.34. The number of carbonyl (C=O) groups excluding carboxylic acids is 1. The van der Waals surface area contributed by atoms with E-state index in [1.807, 2.05) is 0 Å². The second kappa shape index (κ2) is 4.57. The molecule has 1 unspecified atom stereocenters. The van der Waals surface area contributed by atoms with Gasteiger partial charge in [-0.2, -0.15) is 0 Å². The van der Waals surface area contributed by atoms with Gasteiger partial charge < -0.3 is 19.2 Å². The maximum Gasteiger partial charge on any atom is 0.341 e. The van der Waals surface area contributed by atoms with Crippen molar-refractivity contribution in [3.8, 4) is 5.95 Å². The fraction of sp³-hybridized carbons (Fsp3) is 0.545. The van der Waals surface area contributed by atoms with Crippen LogP contribution < -0.4 is 10.1 Å². The number of esters is 1. The molecule has 0 bridgehead atoms. The van der Waals surface area contributed by atoms with Crippen LogP contribution in [0.1, 0.15) is 22.5 Å². The molecule has 0 spiro atoms. The van der Waals surface area contributed by atoms with Crippen molar-refractivity contribution < 1.29 is 18.7 Å². The summed E-state index contributed by atoms with van der Waals surface area (Å²) in [5.41, 5.74) is 0.420. The minimum Gasteiger partial charge on any atom is -0.465 e. The molecule has 1 fully saturated rings. The molecule has 16 heavy (non-hydrogen) atoms. The second-order valence-corrected chi connectivity index (χ2v) is 3.76. The lowest BCUT2D eigenvalue weighted by Crippen LogP contribution is -2.19. The number of hydrogen-bond acceptors (Lipinski definition) is 5. The van der Waals surface area contributed by atoms with Crippen LogP contribution in [0.2, 0.25) is 0 Å². The highest BCUT2D eigenvalue weighted by atomic mass is 16.6. The Morgan fingerprint density at radius 3 is 3.06 bits per heavy atom. The zero-order valence-corrected chi connectivity index (χ0v) is 9.41. The van der Waals surface area contributed by atoms with Crippen LogP contribution >= 0.6 is 0 Å². The summed E-state index contributed by atoms with van der Waals surface area (Å²) >= 11 is 0. The van der Waals surface area contributed by atoms with Gasteiger partial charge in [-0.05, 0) is 19.9 Å². The third kappa shape index (κ3) is 2.19. The number of nitrogens with one attached hydrogen (secondary N) is 1. The highest BCUT2D eigenvalue weighted by molar-refractivity contribution is 5.90. The number of rotatable bonds is 3. The molecule has 1 aromatic heterocycles. The molecule has 1 aliphatic rings.